The van der Waals surface area contributed by atoms with Gasteiger partial charge >= 0.3 is 0 Å². The SMILES string of the molecule is CCOc1nc(CC)ncc1C(=O)N(C)C1CCCN1C. The molecule has 1 aliphatic rings. The maximum Gasteiger partial charge on any atom is 0.261 e. The minimum absolute atomic E-state index is 0.0835. The number of hydrogen-bond acceptors (Lipinski definition) is 5. The van der Waals surface area contributed by atoms with Gasteiger partial charge in [0.15, 0.2) is 0 Å². The standard InChI is InChI=1S/C15H24N4O2/c1-5-12-16-10-11(14(17-12)21-6-2)15(20)19(4)13-8-7-9-18(13)3/h10,13H,5-9H2,1-4H3. The lowest BCUT2D eigenvalue weighted by Gasteiger charge is -2.30. The number of aromatic nitrogens is 2. The van der Waals surface area contributed by atoms with E-state index in [0.29, 0.717) is 23.9 Å². The summed E-state index contributed by atoms with van der Waals surface area (Å²) in [5.41, 5.74) is 0.442. The van der Waals surface area contributed by atoms with Crippen molar-refractivity contribution in [3.05, 3.63) is 17.6 Å². The molecule has 1 saturated heterocycles. The van der Waals surface area contributed by atoms with Gasteiger partial charge in [-0.05, 0) is 33.4 Å². The van der Waals surface area contributed by atoms with Crippen LogP contribution in [-0.2, 0) is 6.42 Å². The second kappa shape index (κ2) is 6.85. The van der Waals surface area contributed by atoms with Crippen LogP contribution in [-0.4, -0.2) is 59.1 Å². The number of carbonyl (C=O) groups excluding carboxylic acids is 1. The van der Waals surface area contributed by atoms with E-state index in [2.05, 4.69) is 14.9 Å². The molecular formula is C15H24N4O2. The van der Waals surface area contributed by atoms with Crippen LogP contribution in [0.25, 0.3) is 0 Å². The van der Waals surface area contributed by atoms with Crippen molar-refractivity contribution in [2.24, 2.45) is 0 Å². The number of carbonyl (C=O) groups is 1. The fourth-order valence-electron chi connectivity index (χ4n) is 2.67. The van der Waals surface area contributed by atoms with Crippen LogP contribution in [0.15, 0.2) is 6.20 Å². The van der Waals surface area contributed by atoms with Crippen molar-refractivity contribution in [1.29, 1.82) is 0 Å². The molecule has 6 nitrogen and oxygen atoms in total. The van der Waals surface area contributed by atoms with Crippen LogP contribution in [0.5, 0.6) is 5.88 Å². The Morgan fingerprint density at radius 1 is 1.52 bits per heavy atom. The number of nitrogens with zero attached hydrogens (tertiary/aromatic N) is 4. The Morgan fingerprint density at radius 2 is 2.29 bits per heavy atom. The molecule has 1 unspecified atom stereocenters. The van der Waals surface area contributed by atoms with Crippen molar-refractivity contribution in [2.75, 3.05) is 27.2 Å². The monoisotopic (exact) mass is 292 g/mol. The first kappa shape index (κ1) is 15.7. The molecule has 1 amide bonds. The number of amides is 1. The van der Waals surface area contributed by atoms with E-state index in [9.17, 15) is 4.79 Å². The highest BCUT2D eigenvalue weighted by Gasteiger charge is 2.30. The molecular weight excluding hydrogens is 268 g/mol. The summed E-state index contributed by atoms with van der Waals surface area (Å²) in [7, 11) is 3.87. The zero-order valence-electron chi connectivity index (χ0n) is 13.3. The van der Waals surface area contributed by atoms with Crippen LogP contribution in [0.2, 0.25) is 0 Å². The number of aryl methyl sites for hydroxylation is 1. The number of ether oxygens (including phenoxy) is 1. The molecule has 0 saturated carbocycles. The van der Waals surface area contributed by atoms with Gasteiger partial charge in [0.25, 0.3) is 5.91 Å². The third kappa shape index (κ3) is 3.32. The number of hydrogen-bond donors (Lipinski definition) is 0. The van der Waals surface area contributed by atoms with Gasteiger partial charge in [-0.2, -0.15) is 4.98 Å². The Balaban J connectivity index is 2.25. The second-order valence-electron chi connectivity index (χ2n) is 5.31. The highest BCUT2D eigenvalue weighted by Crippen LogP contribution is 2.22. The molecule has 0 aliphatic carbocycles. The van der Waals surface area contributed by atoms with Gasteiger partial charge in [-0.3, -0.25) is 9.69 Å². The molecule has 1 aromatic rings. The molecule has 0 aromatic carbocycles. The lowest BCUT2D eigenvalue weighted by atomic mass is 10.2. The summed E-state index contributed by atoms with van der Waals surface area (Å²) >= 11 is 0. The van der Waals surface area contributed by atoms with E-state index in [0.717, 1.165) is 25.8 Å². The Kier molecular flexibility index (Phi) is 5.12. The first-order valence-electron chi connectivity index (χ1n) is 7.54. The minimum atomic E-state index is -0.0835. The number of likely N-dealkylation sites (tertiary alicyclic amines) is 1. The third-order valence-corrected chi connectivity index (χ3v) is 3.88. The van der Waals surface area contributed by atoms with Gasteiger partial charge in [-0.15, -0.1) is 0 Å². The topological polar surface area (TPSA) is 58.6 Å². The van der Waals surface area contributed by atoms with Crippen molar-refractivity contribution in [2.45, 2.75) is 39.3 Å². The van der Waals surface area contributed by atoms with Crippen LogP contribution >= 0.6 is 0 Å². The summed E-state index contributed by atoms with van der Waals surface area (Å²) in [5.74, 6) is 0.998. The predicted molar refractivity (Wildman–Crippen MR) is 80.3 cm³/mol. The lowest BCUT2D eigenvalue weighted by molar-refractivity contribution is 0.0579. The third-order valence-electron chi connectivity index (χ3n) is 3.88. The van der Waals surface area contributed by atoms with E-state index < -0.39 is 0 Å². The average Bonchev–Trinajstić information content (AvgIpc) is 2.92. The van der Waals surface area contributed by atoms with Crippen molar-refractivity contribution >= 4 is 5.91 Å². The van der Waals surface area contributed by atoms with E-state index in [1.54, 1.807) is 11.1 Å². The Morgan fingerprint density at radius 3 is 2.86 bits per heavy atom. The van der Waals surface area contributed by atoms with Gasteiger partial charge in [0.2, 0.25) is 5.88 Å². The van der Waals surface area contributed by atoms with E-state index >= 15 is 0 Å². The Bertz CT molecular complexity index is 506. The molecule has 1 aromatic heterocycles. The maximum absolute atomic E-state index is 12.7. The van der Waals surface area contributed by atoms with E-state index in [4.69, 9.17) is 4.74 Å². The predicted octanol–water partition coefficient (Wildman–Crippen LogP) is 1.56. The largest absolute Gasteiger partial charge is 0.477 e. The summed E-state index contributed by atoms with van der Waals surface area (Å²) < 4.78 is 5.53. The first-order chi connectivity index (χ1) is 10.1. The van der Waals surface area contributed by atoms with Crippen LogP contribution in [0.1, 0.15) is 42.9 Å². The highest BCUT2D eigenvalue weighted by molar-refractivity contribution is 5.96. The molecule has 2 rings (SSSR count). The van der Waals surface area contributed by atoms with Gasteiger partial charge in [-0.25, -0.2) is 4.98 Å². The molecule has 1 atom stereocenters. The van der Waals surface area contributed by atoms with E-state index in [-0.39, 0.29) is 12.1 Å². The maximum atomic E-state index is 12.7. The summed E-state index contributed by atoms with van der Waals surface area (Å²) in [5, 5.41) is 0. The Labute approximate surface area is 126 Å². The zero-order valence-corrected chi connectivity index (χ0v) is 13.3. The van der Waals surface area contributed by atoms with Gasteiger partial charge in [-0.1, -0.05) is 6.92 Å². The van der Waals surface area contributed by atoms with Gasteiger partial charge < -0.3 is 9.64 Å². The van der Waals surface area contributed by atoms with Crippen molar-refractivity contribution in [3.8, 4) is 5.88 Å². The molecule has 1 aliphatic heterocycles. The summed E-state index contributed by atoms with van der Waals surface area (Å²) in [4.78, 5) is 25.2. The molecule has 2 heterocycles. The smallest absolute Gasteiger partial charge is 0.261 e. The average molecular weight is 292 g/mol. The van der Waals surface area contributed by atoms with Crippen molar-refractivity contribution in [3.63, 3.8) is 0 Å². The van der Waals surface area contributed by atoms with E-state index in [1.807, 2.05) is 27.9 Å². The number of rotatable bonds is 5. The van der Waals surface area contributed by atoms with Crippen molar-refractivity contribution in [1.82, 2.24) is 19.8 Å². The van der Waals surface area contributed by atoms with Gasteiger partial charge in [0.05, 0.1) is 12.8 Å². The molecule has 0 N–H and O–H groups in total. The summed E-state index contributed by atoms with van der Waals surface area (Å²) in [6.45, 7) is 5.36. The highest BCUT2D eigenvalue weighted by atomic mass is 16.5. The molecule has 0 bridgehead atoms. The van der Waals surface area contributed by atoms with Crippen LogP contribution in [0.4, 0.5) is 0 Å². The first-order valence-corrected chi connectivity index (χ1v) is 7.54. The molecule has 21 heavy (non-hydrogen) atoms. The lowest BCUT2D eigenvalue weighted by Crippen LogP contribution is -2.44. The quantitative estimate of drug-likeness (QED) is 0.824. The van der Waals surface area contributed by atoms with E-state index in [1.165, 1.54) is 0 Å². The van der Waals surface area contributed by atoms with Crippen LogP contribution < -0.4 is 4.74 Å². The van der Waals surface area contributed by atoms with Gasteiger partial charge in [0.1, 0.15) is 11.4 Å². The molecule has 1 fully saturated rings. The molecule has 0 radical (unpaired) electrons. The minimum Gasteiger partial charge on any atom is -0.477 e. The molecule has 6 heteroatoms. The Hall–Kier alpha value is -1.69. The zero-order chi connectivity index (χ0) is 15.4. The van der Waals surface area contributed by atoms with Crippen LogP contribution in [0, 0.1) is 0 Å². The van der Waals surface area contributed by atoms with Gasteiger partial charge in [0, 0.05) is 19.7 Å². The fraction of sp³-hybridized carbons (Fsp3) is 0.667. The summed E-state index contributed by atoms with van der Waals surface area (Å²) in [6.07, 6.45) is 4.55. The fourth-order valence-corrected chi connectivity index (χ4v) is 2.67. The second-order valence-corrected chi connectivity index (χ2v) is 5.31. The molecule has 0 spiro atoms. The summed E-state index contributed by atoms with van der Waals surface area (Å²) in [6, 6.07) is 0. The molecule has 116 valence electrons. The normalized spacial score (nSPS) is 18.8. The van der Waals surface area contributed by atoms with Crippen molar-refractivity contribution < 1.29 is 9.53 Å². The van der Waals surface area contributed by atoms with Crippen LogP contribution in [0.3, 0.4) is 0 Å².